The number of carbonyl (C=O) groups excluding carboxylic acids is 1. The fraction of sp³-hybridized carbons (Fsp3) is 0.115. The Morgan fingerprint density at radius 3 is 2.56 bits per heavy atom. The van der Waals surface area contributed by atoms with Gasteiger partial charge in [-0.1, -0.05) is 30.3 Å². The number of methoxy groups -OCH3 is 1. The highest BCUT2D eigenvalue weighted by Crippen LogP contribution is 2.26. The van der Waals surface area contributed by atoms with E-state index in [0.717, 1.165) is 11.3 Å². The molecule has 2 aromatic heterocycles. The molecule has 7 nitrogen and oxygen atoms in total. The Morgan fingerprint density at radius 1 is 1.06 bits per heavy atom. The minimum Gasteiger partial charge on any atom is -0.497 e. The van der Waals surface area contributed by atoms with Gasteiger partial charge in [-0.05, 0) is 48.0 Å². The van der Waals surface area contributed by atoms with Gasteiger partial charge in [0.25, 0.3) is 5.56 Å². The van der Waals surface area contributed by atoms with Crippen LogP contribution in [0.5, 0.6) is 5.75 Å². The molecular formula is C26H21FN4O3. The standard InChI is InChI=1S/C26H21FN4O3/c1-34-20-10-7-17(8-11-20)14-30-16-28-24-21-13-18(27)9-12-22(21)31(25(24)26(30)33)15-23(32)29-19-5-3-2-4-6-19/h2-13,16H,14-15H2,1H3,(H,29,32). The summed E-state index contributed by atoms with van der Waals surface area (Å²) in [5, 5.41) is 3.31. The number of rotatable bonds is 6. The van der Waals surface area contributed by atoms with E-state index in [1.165, 1.54) is 23.0 Å². The van der Waals surface area contributed by atoms with Crippen molar-refractivity contribution in [2.45, 2.75) is 13.1 Å². The van der Waals surface area contributed by atoms with Gasteiger partial charge in [0.15, 0.2) is 0 Å². The molecule has 2 heterocycles. The molecule has 170 valence electrons. The molecule has 0 spiro atoms. The second-order valence-corrected chi connectivity index (χ2v) is 7.88. The molecule has 0 atom stereocenters. The number of hydrogen-bond donors (Lipinski definition) is 1. The van der Waals surface area contributed by atoms with Gasteiger partial charge in [0.1, 0.15) is 29.1 Å². The molecule has 0 aliphatic rings. The van der Waals surface area contributed by atoms with Crippen molar-refractivity contribution < 1.29 is 13.9 Å². The zero-order valence-electron chi connectivity index (χ0n) is 18.4. The number of nitrogens with zero attached hydrogens (tertiary/aromatic N) is 3. The molecule has 1 N–H and O–H groups in total. The normalized spacial score (nSPS) is 11.1. The van der Waals surface area contributed by atoms with Gasteiger partial charge >= 0.3 is 0 Å². The van der Waals surface area contributed by atoms with E-state index in [2.05, 4.69) is 10.3 Å². The number of amides is 1. The number of nitrogens with one attached hydrogen (secondary N) is 1. The Labute approximate surface area is 194 Å². The fourth-order valence-electron chi connectivity index (χ4n) is 4.04. The monoisotopic (exact) mass is 456 g/mol. The van der Waals surface area contributed by atoms with Crippen LogP contribution in [0.15, 0.2) is 83.9 Å². The lowest BCUT2D eigenvalue weighted by Gasteiger charge is -2.10. The first-order valence-electron chi connectivity index (χ1n) is 10.7. The van der Waals surface area contributed by atoms with E-state index in [1.54, 1.807) is 29.9 Å². The maximum Gasteiger partial charge on any atom is 0.278 e. The largest absolute Gasteiger partial charge is 0.497 e. The van der Waals surface area contributed by atoms with Gasteiger partial charge in [0.05, 0.1) is 25.5 Å². The van der Waals surface area contributed by atoms with Crippen molar-refractivity contribution in [3.8, 4) is 5.75 Å². The summed E-state index contributed by atoms with van der Waals surface area (Å²) >= 11 is 0. The zero-order chi connectivity index (χ0) is 23.7. The number of hydrogen-bond acceptors (Lipinski definition) is 4. The van der Waals surface area contributed by atoms with Crippen LogP contribution in [-0.2, 0) is 17.9 Å². The molecule has 0 saturated heterocycles. The van der Waals surface area contributed by atoms with Crippen LogP contribution in [0, 0.1) is 5.82 Å². The number of benzene rings is 3. The third kappa shape index (κ3) is 4.01. The first kappa shape index (κ1) is 21.4. The second-order valence-electron chi connectivity index (χ2n) is 7.88. The maximum absolute atomic E-state index is 14.0. The van der Waals surface area contributed by atoms with Crippen molar-refractivity contribution in [2.75, 3.05) is 12.4 Å². The molecule has 1 amide bonds. The van der Waals surface area contributed by atoms with Gasteiger partial charge in [-0.2, -0.15) is 0 Å². The third-order valence-corrected chi connectivity index (χ3v) is 5.66. The van der Waals surface area contributed by atoms with E-state index in [1.807, 2.05) is 42.5 Å². The predicted octanol–water partition coefficient (Wildman–Crippen LogP) is 4.19. The van der Waals surface area contributed by atoms with Crippen LogP contribution in [0.1, 0.15) is 5.56 Å². The summed E-state index contributed by atoms with van der Waals surface area (Å²) in [7, 11) is 1.59. The van der Waals surface area contributed by atoms with E-state index in [0.29, 0.717) is 22.1 Å². The van der Waals surface area contributed by atoms with Crippen LogP contribution in [0.25, 0.3) is 21.9 Å². The summed E-state index contributed by atoms with van der Waals surface area (Å²) < 4.78 is 22.3. The summed E-state index contributed by atoms with van der Waals surface area (Å²) in [6, 6.07) is 20.6. The highest BCUT2D eigenvalue weighted by atomic mass is 19.1. The number of anilines is 1. The van der Waals surface area contributed by atoms with Crippen molar-refractivity contribution in [1.82, 2.24) is 14.1 Å². The fourth-order valence-corrected chi connectivity index (χ4v) is 4.04. The first-order valence-corrected chi connectivity index (χ1v) is 10.7. The van der Waals surface area contributed by atoms with Crippen LogP contribution in [0.3, 0.4) is 0 Å². The van der Waals surface area contributed by atoms with Crippen LogP contribution < -0.4 is 15.6 Å². The van der Waals surface area contributed by atoms with Crippen LogP contribution in [-0.4, -0.2) is 27.1 Å². The number of para-hydroxylation sites is 1. The molecule has 0 saturated carbocycles. The smallest absolute Gasteiger partial charge is 0.278 e. The Balaban J connectivity index is 1.59. The van der Waals surface area contributed by atoms with Crippen molar-refractivity contribution in [1.29, 1.82) is 0 Å². The topological polar surface area (TPSA) is 78.2 Å². The molecule has 5 aromatic rings. The lowest BCUT2D eigenvalue weighted by atomic mass is 10.2. The van der Waals surface area contributed by atoms with Crippen molar-refractivity contribution in [2.24, 2.45) is 0 Å². The molecule has 0 unspecified atom stereocenters. The van der Waals surface area contributed by atoms with E-state index < -0.39 is 5.82 Å². The van der Waals surface area contributed by atoms with Gasteiger partial charge in [0, 0.05) is 11.1 Å². The lowest BCUT2D eigenvalue weighted by molar-refractivity contribution is -0.116. The molecular weight excluding hydrogens is 435 g/mol. The molecule has 0 aliphatic carbocycles. The molecule has 3 aromatic carbocycles. The SMILES string of the molecule is COc1ccc(Cn2cnc3c4cc(F)ccc4n(CC(=O)Nc4ccccc4)c3c2=O)cc1. The minimum atomic E-state index is -0.440. The Kier molecular flexibility index (Phi) is 5.55. The predicted molar refractivity (Wildman–Crippen MR) is 129 cm³/mol. The number of ether oxygens (including phenoxy) is 1. The lowest BCUT2D eigenvalue weighted by Crippen LogP contribution is -2.25. The van der Waals surface area contributed by atoms with E-state index in [9.17, 15) is 14.0 Å². The summed E-state index contributed by atoms with van der Waals surface area (Å²) in [4.78, 5) is 30.8. The molecule has 0 aliphatic heterocycles. The number of aromatic nitrogens is 3. The van der Waals surface area contributed by atoms with E-state index >= 15 is 0 Å². The summed E-state index contributed by atoms with van der Waals surface area (Å²) in [5.74, 6) is -0.0277. The minimum absolute atomic E-state index is 0.121. The first-order chi connectivity index (χ1) is 16.5. The molecule has 34 heavy (non-hydrogen) atoms. The van der Waals surface area contributed by atoms with Crippen molar-refractivity contribution >= 4 is 33.5 Å². The molecule has 5 rings (SSSR count). The van der Waals surface area contributed by atoms with Gasteiger partial charge in [-0.15, -0.1) is 0 Å². The third-order valence-electron chi connectivity index (χ3n) is 5.66. The van der Waals surface area contributed by atoms with Crippen LogP contribution in [0.2, 0.25) is 0 Å². The number of fused-ring (bicyclic) bond motifs is 3. The van der Waals surface area contributed by atoms with Gasteiger partial charge in [0.2, 0.25) is 5.91 Å². The van der Waals surface area contributed by atoms with Crippen molar-refractivity contribution in [3.63, 3.8) is 0 Å². The highest BCUT2D eigenvalue weighted by molar-refractivity contribution is 6.06. The maximum atomic E-state index is 14.0. The van der Waals surface area contributed by atoms with Gasteiger partial charge < -0.3 is 14.6 Å². The number of halogens is 1. The van der Waals surface area contributed by atoms with E-state index in [-0.39, 0.29) is 30.1 Å². The summed E-state index contributed by atoms with van der Waals surface area (Å²) in [6.45, 7) is 0.169. The Hall–Kier alpha value is -4.46. The Bertz CT molecular complexity index is 1560. The van der Waals surface area contributed by atoms with Gasteiger partial charge in [-0.3, -0.25) is 14.2 Å². The highest BCUT2D eigenvalue weighted by Gasteiger charge is 2.19. The van der Waals surface area contributed by atoms with Crippen molar-refractivity contribution in [3.05, 3.63) is 101 Å². The summed E-state index contributed by atoms with van der Waals surface area (Å²) in [5.41, 5.74) is 2.39. The zero-order valence-corrected chi connectivity index (χ0v) is 18.4. The quantitative estimate of drug-likeness (QED) is 0.416. The summed E-state index contributed by atoms with van der Waals surface area (Å²) in [6.07, 6.45) is 1.45. The van der Waals surface area contributed by atoms with Crippen LogP contribution in [0.4, 0.5) is 10.1 Å². The second kappa shape index (κ2) is 8.82. The average molecular weight is 456 g/mol. The van der Waals surface area contributed by atoms with Gasteiger partial charge in [-0.25, -0.2) is 9.37 Å². The molecule has 0 bridgehead atoms. The van der Waals surface area contributed by atoms with Crippen LogP contribution >= 0.6 is 0 Å². The Morgan fingerprint density at radius 2 is 1.82 bits per heavy atom. The van der Waals surface area contributed by atoms with E-state index in [4.69, 9.17) is 4.74 Å². The average Bonchev–Trinajstić information content (AvgIpc) is 3.15. The molecule has 0 fully saturated rings. The molecule has 8 heteroatoms. The number of carbonyl (C=O) groups is 1. The molecule has 0 radical (unpaired) electrons.